The number of hydrogen-bond donors (Lipinski definition) is 2. The van der Waals surface area contributed by atoms with E-state index in [0.717, 1.165) is 0 Å². The number of nitrogens with zero attached hydrogens (tertiary/aromatic N) is 4. The third kappa shape index (κ3) is 5.84. The average Bonchev–Trinajstić information content (AvgIpc) is 3.25. The summed E-state index contributed by atoms with van der Waals surface area (Å²) in [5, 5.41) is 2.90. The number of imidazole rings is 1. The smallest absolute Gasteiger partial charge is 0.295 e. The van der Waals surface area contributed by atoms with Crippen LogP contribution in [0.25, 0.3) is 5.52 Å². The third-order valence-electron chi connectivity index (χ3n) is 6.42. The van der Waals surface area contributed by atoms with E-state index in [2.05, 4.69) is 15.3 Å². The van der Waals surface area contributed by atoms with Gasteiger partial charge in [0.05, 0.1) is 5.52 Å². The van der Waals surface area contributed by atoms with Crippen molar-refractivity contribution in [2.45, 2.75) is 57.7 Å². The summed E-state index contributed by atoms with van der Waals surface area (Å²) < 4.78 is 34.5. The Morgan fingerprint density at radius 2 is 1.95 bits per heavy atom. The molecule has 0 aromatic carbocycles. The fourth-order valence-electron chi connectivity index (χ4n) is 4.36. The van der Waals surface area contributed by atoms with Crippen LogP contribution in [0.2, 0.25) is 0 Å². The lowest BCUT2D eigenvalue weighted by Gasteiger charge is -2.29. The van der Waals surface area contributed by atoms with E-state index < -0.39 is 24.1 Å². The largest absolute Gasteiger partial charge is 0.474 e. The van der Waals surface area contributed by atoms with E-state index in [1.165, 1.54) is 28.6 Å². The Balaban J connectivity index is 1.43. The van der Waals surface area contributed by atoms with Gasteiger partial charge in [-0.1, -0.05) is 6.07 Å². The Bertz CT molecular complexity index is 1320. The van der Waals surface area contributed by atoms with Crippen LogP contribution in [-0.2, 0) is 11.3 Å². The molecule has 196 valence electrons. The minimum atomic E-state index is -2.89. The van der Waals surface area contributed by atoms with Crippen LogP contribution in [0, 0.1) is 0 Å². The molecule has 0 spiro atoms. The van der Waals surface area contributed by atoms with E-state index in [0.29, 0.717) is 31.2 Å². The van der Waals surface area contributed by atoms with Gasteiger partial charge >= 0.3 is 0 Å². The molecular formula is C25H28F2N6O4. The van der Waals surface area contributed by atoms with Crippen molar-refractivity contribution in [3.63, 3.8) is 0 Å². The van der Waals surface area contributed by atoms with Crippen molar-refractivity contribution < 1.29 is 27.9 Å². The van der Waals surface area contributed by atoms with Crippen molar-refractivity contribution in [3.05, 3.63) is 59.3 Å². The zero-order valence-electron chi connectivity index (χ0n) is 20.5. The van der Waals surface area contributed by atoms with Gasteiger partial charge in [0, 0.05) is 39.0 Å². The summed E-state index contributed by atoms with van der Waals surface area (Å²) in [6, 6.07) is 6.20. The monoisotopic (exact) mass is 514 g/mol. The highest BCUT2D eigenvalue weighted by Gasteiger charge is 2.28. The van der Waals surface area contributed by atoms with Gasteiger partial charge in [-0.25, -0.2) is 18.7 Å². The summed E-state index contributed by atoms with van der Waals surface area (Å²) in [6.07, 6.45) is 2.26. The number of carbonyl (C=O) groups is 3. The molecule has 3 N–H and O–H groups in total. The number of amides is 3. The second-order valence-electron chi connectivity index (χ2n) is 9.07. The molecule has 10 nitrogen and oxygen atoms in total. The molecule has 0 saturated heterocycles. The molecule has 0 atom stereocenters. The number of halogens is 2. The standard InChI is InChI=1S/C25H28F2N6O4/c1-14(34)32(2)12-15-5-10-19-20(31-23(21(26)27)33(19)13-15)24(36)30-16-6-8-17(9-7-16)37-25-18(22(28)35)4-3-11-29-25/h3-5,10-11,13,16-17,21H,6-9,12H2,1-2H3,(H2,28,35)(H,30,36). The number of carbonyl (C=O) groups excluding carboxylic acids is 3. The summed E-state index contributed by atoms with van der Waals surface area (Å²) in [7, 11) is 1.61. The van der Waals surface area contributed by atoms with Crippen LogP contribution in [-0.4, -0.2) is 56.2 Å². The maximum Gasteiger partial charge on any atom is 0.295 e. The number of pyridine rings is 2. The summed E-state index contributed by atoms with van der Waals surface area (Å²) in [5.41, 5.74) is 6.38. The van der Waals surface area contributed by atoms with Crippen molar-refractivity contribution in [1.29, 1.82) is 0 Å². The van der Waals surface area contributed by atoms with Crippen molar-refractivity contribution in [2.24, 2.45) is 5.73 Å². The van der Waals surface area contributed by atoms with Gasteiger partial charge in [0.25, 0.3) is 18.2 Å². The van der Waals surface area contributed by atoms with Crippen LogP contribution < -0.4 is 15.8 Å². The highest BCUT2D eigenvalue weighted by atomic mass is 19.3. The van der Waals surface area contributed by atoms with Crippen LogP contribution in [0.5, 0.6) is 5.88 Å². The number of nitrogens with two attached hydrogens (primary N) is 1. The summed E-state index contributed by atoms with van der Waals surface area (Å²) in [5.74, 6) is -1.68. The molecule has 1 aliphatic carbocycles. The number of rotatable bonds is 8. The summed E-state index contributed by atoms with van der Waals surface area (Å²) in [4.78, 5) is 45.6. The molecule has 0 bridgehead atoms. The highest BCUT2D eigenvalue weighted by Crippen LogP contribution is 2.27. The molecule has 0 unspecified atom stereocenters. The zero-order chi connectivity index (χ0) is 26.7. The minimum Gasteiger partial charge on any atom is -0.474 e. The lowest BCUT2D eigenvalue weighted by molar-refractivity contribution is -0.128. The molecule has 3 heterocycles. The number of alkyl halides is 2. The quantitative estimate of drug-likeness (QED) is 0.475. The van der Waals surface area contributed by atoms with Crippen molar-refractivity contribution >= 4 is 23.2 Å². The lowest BCUT2D eigenvalue weighted by Crippen LogP contribution is -2.40. The lowest BCUT2D eigenvalue weighted by atomic mass is 9.93. The van der Waals surface area contributed by atoms with Crippen molar-refractivity contribution in [3.8, 4) is 5.88 Å². The fraction of sp³-hybridized carbons (Fsp3) is 0.400. The fourth-order valence-corrected chi connectivity index (χ4v) is 4.36. The molecule has 0 aliphatic heterocycles. The Hall–Kier alpha value is -4.09. The number of hydrogen-bond acceptors (Lipinski definition) is 6. The number of ether oxygens (including phenoxy) is 1. The van der Waals surface area contributed by atoms with Crippen LogP contribution >= 0.6 is 0 Å². The van der Waals surface area contributed by atoms with Gasteiger partial charge in [0.15, 0.2) is 11.5 Å². The first kappa shape index (κ1) is 26.0. The first-order chi connectivity index (χ1) is 17.6. The first-order valence-corrected chi connectivity index (χ1v) is 11.9. The van der Waals surface area contributed by atoms with Gasteiger partial charge in [-0.2, -0.15) is 0 Å². The number of nitrogens with one attached hydrogen (secondary N) is 1. The topological polar surface area (TPSA) is 132 Å². The van der Waals surface area contributed by atoms with Gasteiger partial charge in [-0.3, -0.25) is 18.8 Å². The van der Waals surface area contributed by atoms with E-state index in [1.807, 2.05) is 0 Å². The maximum atomic E-state index is 13.7. The van der Waals surface area contributed by atoms with Crippen LogP contribution in [0.4, 0.5) is 8.78 Å². The van der Waals surface area contributed by atoms with Crippen LogP contribution in [0.3, 0.4) is 0 Å². The van der Waals surface area contributed by atoms with Crippen molar-refractivity contribution in [1.82, 2.24) is 24.6 Å². The average molecular weight is 515 g/mol. The normalized spacial score (nSPS) is 17.5. The second kappa shape index (κ2) is 10.9. The molecule has 1 fully saturated rings. The van der Waals surface area contributed by atoms with Gasteiger partial charge in [0.2, 0.25) is 11.8 Å². The molecule has 3 aromatic heterocycles. The molecule has 3 aromatic rings. The van der Waals surface area contributed by atoms with Gasteiger partial charge in [0.1, 0.15) is 11.7 Å². The summed E-state index contributed by atoms with van der Waals surface area (Å²) in [6.45, 7) is 1.65. The van der Waals surface area contributed by atoms with Crippen LogP contribution in [0.1, 0.15) is 71.3 Å². The van der Waals surface area contributed by atoms with Gasteiger partial charge < -0.3 is 20.7 Å². The van der Waals surface area contributed by atoms with Gasteiger partial charge in [-0.05, 0) is 49.4 Å². The SMILES string of the molecule is CC(=O)N(C)Cc1ccc2c(C(=O)NC3CCC(Oc4ncccc4C(N)=O)CC3)nc(C(F)F)n2c1. The number of primary amides is 1. The van der Waals surface area contributed by atoms with Gasteiger partial charge in [-0.15, -0.1) is 0 Å². The van der Waals surface area contributed by atoms with Crippen molar-refractivity contribution in [2.75, 3.05) is 7.05 Å². The molecule has 0 radical (unpaired) electrons. The van der Waals surface area contributed by atoms with Crippen LogP contribution in [0.15, 0.2) is 36.7 Å². The predicted octanol–water partition coefficient (Wildman–Crippen LogP) is 2.86. The Morgan fingerprint density at radius 3 is 2.59 bits per heavy atom. The Morgan fingerprint density at radius 1 is 1.22 bits per heavy atom. The highest BCUT2D eigenvalue weighted by molar-refractivity contribution is 5.99. The molecule has 1 aliphatic rings. The number of fused-ring (bicyclic) bond motifs is 1. The third-order valence-corrected chi connectivity index (χ3v) is 6.42. The van der Waals surface area contributed by atoms with E-state index in [9.17, 15) is 23.2 Å². The summed E-state index contributed by atoms with van der Waals surface area (Å²) >= 11 is 0. The minimum absolute atomic E-state index is 0.0836. The number of aromatic nitrogens is 3. The molecule has 3 amide bonds. The predicted molar refractivity (Wildman–Crippen MR) is 129 cm³/mol. The van der Waals surface area contributed by atoms with E-state index in [4.69, 9.17) is 10.5 Å². The first-order valence-electron chi connectivity index (χ1n) is 11.9. The second-order valence-corrected chi connectivity index (χ2v) is 9.07. The maximum absolute atomic E-state index is 13.7. The zero-order valence-corrected chi connectivity index (χ0v) is 20.5. The van der Waals surface area contributed by atoms with E-state index in [-0.39, 0.29) is 47.3 Å². The molecular weight excluding hydrogens is 486 g/mol. The molecule has 1 saturated carbocycles. The van der Waals surface area contributed by atoms with E-state index >= 15 is 0 Å². The molecule has 12 heteroatoms. The molecule has 37 heavy (non-hydrogen) atoms. The molecule has 4 rings (SSSR count). The Kier molecular flexibility index (Phi) is 7.65. The Labute approximate surface area is 211 Å². The van der Waals surface area contributed by atoms with E-state index in [1.54, 1.807) is 31.3 Å².